The molecule has 0 radical (unpaired) electrons. The molecule has 9 heteroatoms. The number of aryl methyl sites for hydroxylation is 1. The fraction of sp³-hybridized carbons (Fsp3) is 0.294. The summed E-state index contributed by atoms with van der Waals surface area (Å²) in [7, 11) is 1.87. The molecular weight excluding hydrogens is 372 g/mol. The van der Waals surface area contributed by atoms with Crippen LogP contribution in [0, 0.1) is 5.92 Å². The number of rotatable bonds is 4. The number of aromatic nitrogens is 4. The molecule has 1 fully saturated rings. The van der Waals surface area contributed by atoms with Crippen molar-refractivity contribution in [2.45, 2.75) is 5.92 Å². The fourth-order valence-electron chi connectivity index (χ4n) is 3.15. The number of nitrogens with one attached hydrogen (secondary N) is 2. The van der Waals surface area contributed by atoms with Gasteiger partial charge in [0.2, 0.25) is 11.0 Å². The van der Waals surface area contributed by atoms with Crippen molar-refractivity contribution >= 4 is 34.0 Å². The van der Waals surface area contributed by atoms with Crippen LogP contribution in [0.1, 0.15) is 11.5 Å². The Bertz CT molecular complexity index is 939. The maximum absolute atomic E-state index is 12.8. The number of hydrogen-bond acceptors (Lipinski definition) is 6. The molecule has 7 nitrogen and oxygen atoms in total. The van der Waals surface area contributed by atoms with Crippen LogP contribution in [0.3, 0.4) is 0 Å². The molecule has 1 aromatic carbocycles. The van der Waals surface area contributed by atoms with Gasteiger partial charge in [-0.1, -0.05) is 41.1 Å². The van der Waals surface area contributed by atoms with Gasteiger partial charge < -0.3 is 10.6 Å². The largest absolute Gasteiger partial charge is 0.315 e. The third-order valence-corrected chi connectivity index (χ3v) is 5.66. The van der Waals surface area contributed by atoms with Crippen molar-refractivity contribution in [3.63, 3.8) is 0 Å². The SMILES string of the molecule is Cn1cc([C@H]2CNC[C@@H]2C(=O)Nc2nnc(-c3ccccc3Cl)s2)cn1. The van der Waals surface area contributed by atoms with E-state index in [2.05, 4.69) is 25.9 Å². The minimum Gasteiger partial charge on any atom is -0.315 e. The Balaban J connectivity index is 1.49. The minimum absolute atomic E-state index is 0.0642. The van der Waals surface area contributed by atoms with Crippen LogP contribution in [0.25, 0.3) is 10.6 Å². The van der Waals surface area contributed by atoms with Crippen LogP contribution in [0.4, 0.5) is 5.13 Å². The summed E-state index contributed by atoms with van der Waals surface area (Å²) in [6, 6.07) is 7.44. The van der Waals surface area contributed by atoms with Crippen molar-refractivity contribution in [3.05, 3.63) is 47.2 Å². The van der Waals surface area contributed by atoms with Gasteiger partial charge in [-0.25, -0.2) is 0 Å². The van der Waals surface area contributed by atoms with Gasteiger partial charge in [-0.3, -0.25) is 9.48 Å². The molecule has 1 aliphatic rings. The molecule has 134 valence electrons. The van der Waals surface area contributed by atoms with E-state index in [1.807, 2.05) is 37.6 Å². The summed E-state index contributed by atoms with van der Waals surface area (Å²) >= 11 is 7.51. The highest BCUT2D eigenvalue weighted by Gasteiger charge is 2.35. The second-order valence-electron chi connectivity index (χ2n) is 6.20. The molecule has 0 spiro atoms. The Hall–Kier alpha value is -2.29. The zero-order valence-electron chi connectivity index (χ0n) is 14.0. The normalized spacial score (nSPS) is 19.6. The van der Waals surface area contributed by atoms with E-state index in [4.69, 9.17) is 11.6 Å². The lowest BCUT2D eigenvalue weighted by molar-refractivity contribution is -0.119. The van der Waals surface area contributed by atoms with Crippen LogP contribution < -0.4 is 10.6 Å². The third-order valence-electron chi connectivity index (χ3n) is 4.46. The molecule has 0 bridgehead atoms. The van der Waals surface area contributed by atoms with Gasteiger partial charge in [0.25, 0.3) is 0 Å². The van der Waals surface area contributed by atoms with Crippen molar-refractivity contribution in [3.8, 4) is 10.6 Å². The number of anilines is 1. The van der Waals surface area contributed by atoms with Gasteiger partial charge in [-0.2, -0.15) is 5.10 Å². The molecule has 0 saturated carbocycles. The zero-order chi connectivity index (χ0) is 18.1. The first kappa shape index (κ1) is 17.1. The highest BCUT2D eigenvalue weighted by molar-refractivity contribution is 7.18. The van der Waals surface area contributed by atoms with Gasteiger partial charge in [-0.05, 0) is 11.6 Å². The lowest BCUT2D eigenvalue weighted by atomic mass is 9.90. The molecule has 3 aromatic rings. The van der Waals surface area contributed by atoms with Crippen molar-refractivity contribution < 1.29 is 4.79 Å². The summed E-state index contributed by atoms with van der Waals surface area (Å²) in [6.07, 6.45) is 3.77. The van der Waals surface area contributed by atoms with E-state index in [-0.39, 0.29) is 17.7 Å². The molecule has 26 heavy (non-hydrogen) atoms. The smallest absolute Gasteiger partial charge is 0.231 e. The van der Waals surface area contributed by atoms with Gasteiger partial charge in [-0.15, -0.1) is 10.2 Å². The van der Waals surface area contributed by atoms with E-state index in [1.54, 1.807) is 10.7 Å². The molecule has 2 atom stereocenters. The van der Waals surface area contributed by atoms with Crippen molar-refractivity contribution in [1.82, 2.24) is 25.3 Å². The first-order chi connectivity index (χ1) is 12.6. The quantitative estimate of drug-likeness (QED) is 0.717. The Morgan fingerprint density at radius 2 is 2.19 bits per heavy atom. The average Bonchev–Trinajstić information content (AvgIpc) is 3.35. The number of benzene rings is 1. The molecule has 0 unspecified atom stereocenters. The van der Waals surface area contributed by atoms with E-state index in [0.29, 0.717) is 21.7 Å². The van der Waals surface area contributed by atoms with E-state index in [0.717, 1.165) is 17.7 Å². The van der Waals surface area contributed by atoms with Crippen LogP contribution in [-0.2, 0) is 11.8 Å². The summed E-state index contributed by atoms with van der Waals surface area (Å²) < 4.78 is 1.75. The van der Waals surface area contributed by atoms with Gasteiger partial charge in [0.05, 0.1) is 17.1 Å². The Labute approximate surface area is 159 Å². The van der Waals surface area contributed by atoms with Gasteiger partial charge in [0, 0.05) is 37.8 Å². The standard InChI is InChI=1S/C17H17ClN6OS/c1-24-9-10(6-20-24)12-7-19-8-13(12)15(25)21-17-23-22-16(26-17)11-4-2-3-5-14(11)18/h2-6,9,12-13,19H,7-8H2,1H3,(H,21,23,25)/t12-,13+/m1/s1. The number of hydrogen-bond donors (Lipinski definition) is 2. The molecular formula is C17H17ClN6OS. The van der Waals surface area contributed by atoms with Crippen LogP contribution in [0.15, 0.2) is 36.7 Å². The molecule has 1 saturated heterocycles. The summed E-state index contributed by atoms with van der Waals surface area (Å²) in [5, 5.41) is 20.4. The highest BCUT2D eigenvalue weighted by Crippen LogP contribution is 2.33. The van der Waals surface area contributed by atoms with Crippen molar-refractivity contribution in [2.75, 3.05) is 18.4 Å². The van der Waals surface area contributed by atoms with Crippen LogP contribution in [0.2, 0.25) is 5.02 Å². The van der Waals surface area contributed by atoms with Crippen LogP contribution >= 0.6 is 22.9 Å². The van der Waals surface area contributed by atoms with E-state index in [1.165, 1.54) is 11.3 Å². The predicted molar refractivity (Wildman–Crippen MR) is 101 cm³/mol. The minimum atomic E-state index is -0.174. The molecule has 3 heterocycles. The number of carbonyl (C=O) groups is 1. The molecule has 1 aliphatic heterocycles. The van der Waals surface area contributed by atoms with Crippen LogP contribution in [-0.4, -0.2) is 39.0 Å². The summed E-state index contributed by atoms with van der Waals surface area (Å²) in [5.74, 6) is -0.141. The van der Waals surface area contributed by atoms with Gasteiger partial charge in [0.15, 0.2) is 5.01 Å². The topological polar surface area (TPSA) is 84.7 Å². The number of amides is 1. The lowest BCUT2D eigenvalue weighted by Gasteiger charge is -2.15. The molecule has 2 N–H and O–H groups in total. The summed E-state index contributed by atoms with van der Waals surface area (Å²) in [6.45, 7) is 1.38. The lowest BCUT2D eigenvalue weighted by Crippen LogP contribution is -2.28. The van der Waals surface area contributed by atoms with E-state index in [9.17, 15) is 4.79 Å². The number of nitrogens with zero attached hydrogens (tertiary/aromatic N) is 4. The van der Waals surface area contributed by atoms with Gasteiger partial charge in [0.1, 0.15) is 0 Å². The Kier molecular flexibility index (Phi) is 4.71. The maximum Gasteiger partial charge on any atom is 0.231 e. The first-order valence-electron chi connectivity index (χ1n) is 8.20. The average molecular weight is 389 g/mol. The highest BCUT2D eigenvalue weighted by atomic mass is 35.5. The van der Waals surface area contributed by atoms with Crippen molar-refractivity contribution in [1.29, 1.82) is 0 Å². The Morgan fingerprint density at radius 1 is 1.35 bits per heavy atom. The molecule has 4 rings (SSSR count). The molecule has 2 aromatic heterocycles. The fourth-order valence-corrected chi connectivity index (χ4v) is 4.22. The molecule has 0 aliphatic carbocycles. The number of carbonyl (C=O) groups excluding carboxylic acids is 1. The third kappa shape index (κ3) is 3.35. The summed E-state index contributed by atoms with van der Waals surface area (Å²) in [4.78, 5) is 12.8. The monoisotopic (exact) mass is 388 g/mol. The van der Waals surface area contributed by atoms with Gasteiger partial charge >= 0.3 is 0 Å². The Morgan fingerprint density at radius 3 is 2.96 bits per heavy atom. The van der Waals surface area contributed by atoms with Crippen molar-refractivity contribution in [2.24, 2.45) is 13.0 Å². The number of halogens is 1. The predicted octanol–water partition coefficient (Wildman–Crippen LogP) is 2.53. The zero-order valence-corrected chi connectivity index (χ0v) is 15.6. The first-order valence-corrected chi connectivity index (χ1v) is 9.40. The van der Waals surface area contributed by atoms with E-state index < -0.39 is 0 Å². The molecule has 1 amide bonds. The summed E-state index contributed by atoms with van der Waals surface area (Å²) in [5.41, 5.74) is 1.87. The van der Waals surface area contributed by atoms with E-state index >= 15 is 0 Å². The second kappa shape index (κ2) is 7.14. The maximum atomic E-state index is 12.8. The second-order valence-corrected chi connectivity index (χ2v) is 7.58. The van der Waals surface area contributed by atoms with Crippen LogP contribution in [0.5, 0.6) is 0 Å².